The highest BCUT2D eigenvalue weighted by molar-refractivity contribution is 6.10. The highest BCUT2D eigenvalue weighted by Crippen LogP contribution is 2.34. The minimum atomic E-state index is -0.655. The first kappa shape index (κ1) is 33.7. The Bertz CT molecular complexity index is 1090. The Morgan fingerprint density at radius 1 is 0.878 bits per heavy atom. The van der Waals surface area contributed by atoms with Crippen molar-refractivity contribution in [1.29, 1.82) is 0 Å². The molecule has 0 bridgehead atoms. The first-order valence-corrected chi connectivity index (χ1v) is 15.1. The molecule has 1 atom stereocenters. The van der Waals surface area contributed by atoms with Crippen LogP contribution in [0.2, 0.25) is 0 Å². The molecule has 0 heterocycles. The molecule has 2 aromatic rings. The number of carbonyl (C=O) groups excluding carboxylic acids is 1. The molecule has 0 aromatic heterocycles. The molecule has 41 heavy (non-hydrogen) atoms. The van der Waals surface area contributed by atoms with Crippen molar-refractivity contribution in [2.45, 2.75) is 89.9 Å². The second-order valence-electron chi connectivity index (χ2n) is 10.6. The number of aromatic hydroxyl groups is 1. The molecular weight excluding hydrogens is 516 g/mol. The lowest BCUT2D eigenvalue weighted by atomic mass is 9.99. The maximum Gasteiger partial charge on any atom is 0.303 e. The number of ether oxygens (including phenoxy) is 2. The number of carbonyl (C=O) groups is 2. The van der Waals surface area contributed by atoms with Gasteiger partial charge in [0, 0.05) is 18.6 Å². The van der Waals surface area contributed by atoms with Gasteiger partial charge in [0.15, 0.2) is 5.78 Å². The van der Waals surface area contributed by atoms with Crippen molar-refractivity contribution < 1.29 is 29.3 Å². The van der Waals surface area contributed by atoms with Crippen LogP contribution in [0.1, 0.15) is 106 Å². The fraction of sp³-hybridized carbons (Fsp3) is 0.486. The van der Waals surface area contributed by atoms with E-state index in [0.717, 1.165) is 24.3 Å². The molecule has 1 aliphatic carbocycles. The van der Waals surface area contributed by atoms with E-state index in [9.17, 15) is 14.7 Å². The average molecular weight is 565 g/mol. The number of ketones is 1. The summed E-state index contributed by atoms with van der Waals surface area (Å²) in [5.41, 5.74) is 1.02. The SMILES string of the molecule is COc1cc(O)c(C(=O)C=Cc2ccccc2)c(OC)c1.O=C(O)CCCCCCCCCCCCC1C=CCC1. The number of rotatable bonds is 18. The topological polar surface area (TPSA) is 93.1 Å². The van der Waals surface area contributed by atoms with E-state index in [4.69, 9.17) is 14.6 Å². The van der Waals surface area contributed by atoms with Crippen molar-refractivity contribution in [3.8, 4) is 17.2 Å². The van der Waals surface area contributed by atoms with E-state index in [0.29, 0.717) is 12.2 Å². The summed E-state index contributed by atoms with van der Waals surface area (Å²) in [6, 6.07) is 12.4. The van der Waals surface area contributed by atoms with E-state index in [1.807, 2.05) is 30.3 Å². The van der Waals surface area contributed by atoms with Crippen LogP contribution in [0.15, 0.2) is 60.7 Å². The maximum atomic E-state index is 12.3. The van der Waals surface area contributed by atoms with E-state index in [-0.39, 0.29) is 22.8 Å². The van der Waals surface area contributed by atoms with Crippen LogP contribution in [0.4, 0.5) is 0 Å². The fourth-order valence-electron chi connectivity index (χ4n) is 4.95. The number of phenolic OH excluding ortho intramolecular Hbond substituents is 1. The van der Waals surface area contributed by atoms with Crippen LogP contribution >= 0.6 is 0 Å². The predicted molar refractivity (Wildman–Crippen MR) is 166 cm³/mol. The number of benzene rings is 2. The number of carboxylic acids is 1. The van der Waals surface area contributed by atoms with Gasteiger partial charge in [0.25, 0.3) is 0 Å². The number of phenols is 1. The molecule has 6 nitrogen and oxygen atoms in total. The van der Waals surface area contributed by atoms with E-state index in [1.165, 1.54) is 97.0 Å². The van der Waals surface area contributed by atoms with Crippen LogP contribution in [0, 0.1) is 5.92 Å². The van der Waals surface area contributed by atoms with Crippen LogP contribution in [-0.2, 0) is 4.79 Å². The summed E-state index contributed by atoms with van der Waals surface area (Å²) in [5.74, 6) is 0.422. The Hall–Kier alpha value is -3.54. The Balaban J connectivity index is 0.000000287. The van der Waals surface area contributed by atoms with Crippen LogP contribution in [0.5, 0.6) is 17.2 Å². The minimum absolute atomic E-state index is 0.116. The summed E-state index contributed by atoms with van der Waals surface area (Å²) in [5, 5.41) is 18.5. The molecule has 1 aliphatic rings. The molecule has 224 valence electrons. The van der Waals surface area contributed by atoms with Gasteiger partial charge < -0.3 is 19.7 Å². The number of unbranched alkanes of at least 4 members (excludes halogenated alkanes) is 9. The van der Waals surface area contributed by atoms with E-state index in [1.54, 1.807) is 12.1 Å². The molecule has 0 fully saturated rings. The summed E-state index contributed by atoms with van der Waals surface area (Å²) in [4.78, 5) is 22.6. The van der Waals surface area contributed by atoms with Crippen LogP contribution in [0.25, 0.3) is 6.08 Å². The second-order valence-corrected chi connectivity index (χ2v) is 10.6. The van der Waals surface area contributed by atoms with E-state index >= 15 is 0 Å². The summed E-state index contributed by atoms with van der Waals surface area (Å²) in [6.45, 7) is 0. The normalized spacial score (nSPS) is 14.0. The van der Waals surface area contributed by atoms with Crippen molar-refractivity contribution in [2.75, 3.05) is 14.2 Å². The molecule has 1 unspecified atom stereocenters. The van der Waals surface area contributed by atoms with Gasteiger partial charge in [0.05, 0.1) is 14.2 Å². The standard InChI is InChI=1S/C18H32O2.C17H16O4/c19-18(20)16-10-8-6-4-2-1-3-5-7-9-13-17-14-11-12-15-17;1-20-13-10-15(19)17(16(11-13)21-2)14(18)9-8-12-6-4-3-5-7-12/h11,14,17H,1-10,12-13,15-16H2,(H,19,20);3-11,19H,1-2H3. The van der Waals surface area contributed by atoms with Gasteiger partial charge in [-0.2, -0.15) is 0 Å². The van der Waals surface area contributed by atoms with Gasteiger partial charge in [0.1, 0.15) is 22.8 Å². The second kappa shape index (κ2) is 20.4. The van der Waals surface area contributed by atoms with Crippen molar-refractivity contribution >= 4 is 17.8 Å². The van der Waals surface area contributed by atoms with Gasteiger partial charge in [-0.1, -0.05) is 106 Å². The maximum absolute atomic E-state index is 12.3. The monoisotopic (exact) mass is 564 g/mol. The van der Waals surface area contributed by atoms with E-state index in [2.05, 4.69) is 12.2 Å². The molecule has 2 N–H and O–H groups in total. The highest BCUT2D eigenvalue weighted by atomic mass is 16.5. The van der Waals surface area contributed by atoms with E-state index < -0.39 is 5.97 Å². The van der Waals surface area contributed by atoms with Gasteiger partial charge in [0.2, 0.25) is 0 Å². The lowest BCUT2D eigenvalue weighted by Crippen LogP contribution is -2.00. The third-order valence-electron chi connectivity index (χ3n) is 7.31. The number of carboxylic acid groups (broad SMARTS) is 1. The molecule has 0 spiro atoms. The van der Waals surface area contributed by atoms with Gasteiger partial charge in [-0.05, 0) is 43.2 Å². The minimum Gasteiger partial charge on any atom is -0.507 e. The molecule has 2 aromatic carbocycles. The van der Waals surface area contributed by atoms with Gasteiger partial charge in [-0.3, -0.25) is 9.59 Å². The molecule has 0 radical (unpaired) electrons. The van der Waals surface area contributed by atoms with Crippen molar-refractivity contribution in [3.63, 3.8) is 0 Å². The Labute approximate surface area is 246 Å². The third-order valence-corrected chi connectivity index (χ3v) is 7.31. The number of aliphatic carboxylic acids is 1. The van der Waals surface area contributed by atoms with Crippen LogP contribution in [-0.4, -0.2) is 36.2 Å². The molecule has 0 saturated heterocycles. The van der Waals surface area contributed by atoms with Gasteiger partial charge in [-0.15, -0.1) is 0 Å². The largest absolute Gasteiger partial charge is 0.507 e. The first-order valence-electron chi connectivity index (χ1n) is 15.1. The number of hydrogen-bond acceptors (Lipinski definition) is 5. The Morgan fingerprint density at radius 3 is 2.07 bits per heavy atom. The van der Waals surface area contributed by atoms with Crippen LogP contribution in [0.3, 0.4) is 0 Å². The average Bonchev–Trinajstić information content (AvgIpc) is 3.50. The van der Waals surface area contributed by atoms with Crippen molar-refractivity contribution in [3.05, 3.63) is 71.8 Å². The molecule has 0 amide bonds. The van der Waals surface area contributed by atoms with Crippen LogP contribution < -0.4 is 9.47 Å². The Morgan fingerprint density at radius 2 is 1.51 bits per heavy atom. The molecule has 3 rings (SSSR count). The molecule has 6 heteroatoms. The molecule has 0 saturated carbocycles. The summed E-state index contributed by atoms with van der Waals surface area (Å²) in [6.07, 6.45) is 25.0. The number of hydrogen-bond donors (Lipinski definition) is 2. The van der Waals surface area contributed by atoms with Gasteiger partial charge >= 0.3 is 5.97 Å². The van der Waals surface area contributed by atoms with Gasteiger partial charge in [-0.25, -0.2) is 0 Å². The zero-order valence-electron chi connectivity index (χ0n) is 24.9. The summed E-state index contributed by atoms with van der Waals surface area (Å²) < 4.78 is 10.2. The zero-order chi connectivity index (χ0) is 29.7. The van der Waals surface area contributed by atoms with Crippen molar-refractivity contribution in [2.24, 2.45) is 5.92 Å². The smallest absolute Gasteiger partial charge is 0.303 e. The summed E-state index contributed by atoms with van der Waals surface area (Å²) >= 11 is 0. The fourth-order valence-corrected chi connectivity index (χ4v) is 4.95. The summed E-state index contributed by atoms with van der Waals surface area (Å²) in [7, 11) is 2.91. The predicted octanol–water partition coefficient (Wildman–Crippen LogP) is 9.02. The number of allylic oxidation sites excluding steroid dienone is 3. The Kier molecular flexibility index (Phi) is 16.7. The van der Waals surface area contributed by atoms with Crippen molar-refractivity contribution in [1.82, 2.24) is 0 Å². The lowest BCUT2D eigenvalue weighted by Gasteiger charge is -2.10. The molecular formula is C35H48O6. The first-order chi connectivity index (χ1) is 19.9. The molecule has 0 aliphatic heterocycles. The highest BCUT2D eigenvalue weighted by Gasteiger charge is 2.17. The third kappa shape index (κ3) is 14.1. The number of methoxy groups -OCH3 is 2. The zero-order valence-corrected chi connectivity index (χ0v) is 24.9. The lowest BCUT2D eigenvalue weighted by molar-refractivity contribution is -0.137. The quantitative estimate of drug-likeness (QED) is 0.0812.